The van der Waals surface area contributed by atoms with Crippen molar-refractivity contribution in [2.45, 2.75) is 13.1 Å². The average molecular weight is 294 g/mol. The molecular formula is C15H17ClFN3. The Morgan fingerprint density at radius 2 is 1.85 bits per heavy atom. The van der Waals surface area contributed by atoms with Crippen LogP contribution in [0.25, 0.3) is 0 Å². The summed E-state index contributed by atoms with van der Waals surface area (Å²) in [6, 6.07) is 8.92. The predicted octanol–water partition coefficient (Wildman–Crippen LogP) is 3.23. The van der Waals surface area contributed by atoms with Gasteiger partial charge in [0.05, 0.1) is 5.02 Å². The number of hydrogen-bond donors (Lipinski definition) is 1. The molecule has 0 spiro atoms. The second kappa shape index (κ2) is 6.68. The number of nitrogens with one attached hydrogen (secondary N) is 1. The van der Waals surface area contributed by atoms with Crippen LogP contribution in [0, 0.1) is 5.82 Å². The fourth-order valence-corrected chi connectivity index (χ4v) is 2.18. The molecule has 1 aromatic heterocycles. The van der Waals surface area contributed by atoms with Crippen molar-refractivity contribution in [1.29, 1.82) is 0 Å². The van der Waals surface area contributed by atoms with E-state index in [-0.39, 0.29) is 10.8 Å². The van der Waals surface area contributed by atoms with Gasteiger partial charge in [-0.2, -0.15) is 0 Å². The summed E-state index contributed by atoms with van der Waals surface area (Å²) in [5.74, 6) is 0.548. The van der Waals surface area contributed by atoms with Crippen LogP contribution in [-0.4, -0.2) is 19.1 Å². The van der Waals surface area contributed by atoms with Gasteiger partial charge in [-0.3, -0.25) is 0 Å². The highest BCUT2D eigenvalue weighted by Crippen LogP contribution is 2.18. The van der Waals surface area contributed by atoms with Crippen molar-refractivity contribution >= 4 is 17.4 Å². The highest BCUT2D eigenvalue weighted by molar-refractivity contribution is 6.30. The first-order valence-corrected chi connectivity index (χ1v) is 6.72. The Balaban J connectivity index is 2.02. The lowest BCUT2D eigenvalue weighted by atomic mass is 10.2. The van der Waals surface area contributed by atoms with E-state index in [1.165, 1.54) is 0 Å². The zero-order valence-electron chi connectivity index (χ0n) is 11.5. The molecule has 0 bridgehead atoms. The minimum absolute atomic E-state index is 0.152. The van der Waals surface area contributed by atoms with Crippen molar-refractivity contribution < 1.29 is 4.39 Å². The number of rotatable bonds is 5. The molecule has 0 saturated carbocycles. The zero-order valence-corrected chi connectivity index (χ0v) is 12.3. The Bertz CT molecular complexity index is 587. The molecule has 0 unspecified atom stereocenters. The highest BCUT2D eigenvalue weighted by atomic mass is 35.5. The first-order valence-electron chi connectivity index (χ1n) is 6.34. The molecule has 0 saturated heterocycles. The number of hydrogen-bond acceptors (Lipinski definition) is 3. The van der Waals surface area contributed by atoms with E-state index >= 15 is 0 Å². The van der Waals surface area contributed by atoms with E-state index in [9.17, 15) is 4.39 Å². The average Bonchev–Trinajstić information content (AvgIpc) is 2.44. The topological polar surface area (TPSA) is 28.2 Å². The van der Waals surface area contributed by atoms with Crippen molar-refractivity contribution in [2.24, 2.45) is 0 Å². The largest absolute Gasteiger partial charge is 0.362 e. The molecule has 5 heteroatoms. The molecule has 0 fully saturated rings. The molecular weight excluding hydrogens is 277 g/mol. The van der Waals surface area contributed by atoms with Crippen LogP contribution in [0.2, 0.25) is 5.02 Å². The molecule has 3 nitrogen and oxygen atoms in total. The SMILES string of the molecule is CN(C)c1ncccc1CNCc1cccc(Cl)c1F. The molecule has 0 radical (unpaired) electrons. The summed E-state index contributed by atoms with van der Waals surface area (Å²) in [6.45, 7) is 1.04. The molecule has 2 aromatic rings. The van der Waals surface area contributed by atoms with E-state index in [0.717, 1.165) is 11.4 Å². The maximum Gasteiger partial charge on any atom is 0.146 e. The van der Waals surface area contributed by atoms with Gasteiger partial charge in [0.15, 0.2) is 0 Å². The molecule has 1 N–H and O–H groups in total. The summed E-state index contributed by atoms with van der Waals surface area (Å²) in [5.41, 5.74) is 1.63. The second-order valence-electron chi connectivity index (χ2n) is 4.70. The van der Waals surface area contributed by atoms with Gasteiger partial charge in [-0.25, -0.2) is 9.37 Å². The van der Waals surface area contributed by atoms with Gasteiger partial charge in [-0.1, -0.05) is 29.8 Å². The minimum atomic E-state index is -0.360. The van der Waals surface area contributed by atoms with E-state index < -0.39 is 0 Å². The maximum absolute atomic E-state index is 13.7. The predicted molar refractivity (Wildman–Crippen MR) is 80.5 cm³/mol. The fourth-order valence-electron chi connectivity index (χ4n) is 1.99. The van der Waals surface area contributed by atoms with E-state index in [0.29, 0.717) is 18.7 Å². The van der Waals surface area contributed by atoms with Crippen LogP contribution >= 0.6 is 11.6 Å². The minimum Gasteiger partial charge on any atom is -0.362 e. The first-order chi connectivity index (χ1) is 9.59. The molecule has 0 atom stereocenters. The van der Waals surface area contributed by atoms with Gasteiger partial charge in [0.25, 0.3) is 0 Å². The first kappa shape index (κ1) is 14.8. The third kappa shape index (κ3) is 3.46. The van der Waals surface area contributed by atoms with Crippen LogP contribution in [0.1, 0.15) is 11.1 Å². The van der Waals surface area contributed by atoms with Gasteiger partial charge in [0, 0.05) is 44.5 Å². The van der Waals surface area contributed by atoms with Gasteiger partial charge < -0.3 is 10.2 Å². The Morgan fingerprint density at radius 1 is 1.15 bits per heavy atom. The Labute approximate surface area is 123 Å². The summed E-state index contributed by atoms with van der Waals surface area (Å²) >= 11 is 5.76. The number of pyridine rings is 1. The molecule has 1 heterocycles. The Morgan fingerprint density at radius 3 is 2.60 bits per heavy atom. The van der Waals surface area contributed by atoms with Crippen LogP contribution in [0.5, 0.6) is 0 Å². The number of anilines is 1. The van der Waals surface area contributed by atoms with Gasteiger partial charge in [0.2, 0.25) is 0 Å². The normalized spacial score (nSPS) is 10.6. The molecule has 0 aliphatic heterocycles. The Hall–Kier alpha value is -1.65. The van der Waals surface area contributed by atoms with Gasteiger partial charge in [-0.05, 0) is 12.1 Å². The molecule has 0 amide bonds. The third-order valence-electron chi connectivity index (χ3n) is 2.95. The van der Waals surface area contributed by atoms with Crippen LogP contribution in [0.4, 0.5) is 10.2 Å². The van der Waals surface area contributed by atoms with Crippen molar-refractivity contribution in [3.8, 4) is 0 Å². The molecule has 1 aromatic carbocycles. The second-order valence-corrected chi connectivity index (χ2v) is 5.10. The maximum atomic E-state index is 13.7. The highest BCUT2D eigenvalue weighted by Gasteiger charge is 2.07. The third-order valence-corrected chi connectivity index (χ3v) is 3.25. The lowest BCUT2D eigenvalue weighted by Gasteiger charge is -2.16. The van der Waals surface area contributed by atoms with E-state index in [1.54, 1.807) is 24.4 Å². The van der Waals surface area contributed by atoms with Gasteiger partial charge in [-0.15, -0.1) is 0 Å². The van der Waals surface area contributed by atoms with Crippen LogP contribution < -0.4 is 10.2 Å². The molecule has 20 heavy (non-hydrogen) atoms. The zero-order chi connectivity index (χ0) is 14.5. The van der Waals surface area contributed by atoms with Crippen molar-refractivity contribution in [3.63, 3.8) is 0 Å². The van der Waals surface area contributed by atoms with E-state index in [4.69, 9.17) is 11.6 Å². The van der Waals surface area contributed by atoms with Crippen molar-refractivity contribution in [2.75, 3.05) is 19.0 Å². The number of halogens is 2. The monoisotopic (exact) mass is 293 g/mol. The summed E-state index contributed by atoms with van der Waals surface area (Å²) < 4.78 is 13.7. The summed E-state index contributed by atoms with van der Waals surface area (Å²) in [6.07, 6.45) is 1.76. The van der Waals surface area contributed by atoms with Crippen LogP contribution in [-0.2, 0) is 13.1 Å². The number of aromatic nitrogens is 1. The Kier molecular flexibility index (Phi) is 4.93. The van der Waals surface area contributed by atoms with Gasteiger partial charge >= 0.3 is 0 Å². The number of benzene rings is 1. The number of nitrogens with zero attached hydrogens (tertiary/aromatic N) is 2. The standard InChI is InChI=1S/C15H17ClFN3/c1-20(2)15-12(6-4-8-19-15)10-18-9-11-5-3-7-13(16)14(11)17/h3-8,18H,9-10H2,1-2H3. The molecule has 0 aliphatic rings. The van der Waals surface area contributed by atoms with Crippen molar-refractivity contribution in [3.05, 3.63) is 58.5 Å². The molecule has 2 rings (SSSR count). The molecule has 0 aliphatic carbocycles. The van der Waals surface area contributed by atoms with Gasteiger partial charge in [0.1, 0.15) is 11.6 Å². The van der Waals surface area contributed by atoms with Crippen LogP contribution in [0.3, 0.4) is 0 Å². The van der Waals surface area contributed by atoms with E-state index in [1.807, 2.05) is 31.1 Å². The summed E-state index contributed by atoms with van der Waals surface area (Å²) in [7, 11) is 3.89. The fraction of sp³-hybridized carbons (Fsp3) is 0.267. The van der Waals surface area contributed by atoms with Crippen LogP contribution in [0.15, 0.2) is 36.5 Å². The lowest BCUT2D eigenvalue weighted by Crippen LogP contribution is -2.18. The van der Waals surface area contributed by atoms with E-state index in [2.05, 4.69) is 10.3 Å². The lowest BCUT2D eigenvalue weighted by molar-refractivity contribution is 0.588. The van der Waals surface area contributed by atoms with Crippen molar-refractivity contribution in [1.82, 2.24) is 10.3 Å². The summed E-state index contributed by atoms with van der Waals surface area (Å²) in [4.78, 5) is 6.28. The molecule has 106 valence electrons. The quantitative estimate of drug-likeness (QED) is 0.917. The smallest absolute Gasteiger partial charge is 0.146 e. The summed E-state index contributed by atoms with van der Waals surface area (Å²) in [5, 5.41) is 3.37.